The summed E-state index contributed by atoms with van der Waals surface area (Å²) in [5, 5.41) is 4.16. The fourth-order valence-electron chi connectivity index (χ4n) is 1.93. The summed E-state index contributed by atoms with van der Waals surface area (Å²) < 4.78 is 1.03. The standard InChI is InChI=1S/C15H16BrClN2/c1-2-11-4-3-7-19-15(11)10-18-9-12-5-6-13(17)8-14(12)16/h3-8,18H,2,9-10H2,1H3. The third-order valence-corrected chi connectivity index (χ3v) is 3.96. The van der Waals surface area contributed by atoms with E-state index >= 15 is 0 Å². The molecule has 1 N–H and O–H groups in total. The van der Waals surface area contributed by atoms with Crippen molar-refractivity contribution in [2.45, 2.75) is 26.4 Å². The minimum Gasteiger partial charge on any atom is -0.307 e. The molecule has 0 unspecified atom stereocenters. The molecule has 0 bridgehead atoms. The van der Waals surface area contributed by atoms with E-state index in [2.05, 4.69) is 39.2 Å². The maximum absolute atomic E-state index is 5.93. The second-order valence-electron chi connectivity index (χ2n) is 4.30. The van der Waals surface area contributed by atoms with Crippen LogP contribution in [0.25, 0.3) is 0 Å². The second-order valence-corrected chi connectivity index (χ2v) is 5.59. The molecule has 2 nitrogen and oxygen atoms in total. The van der Waals surface area contributed by atoms with E-state index in [-0.39, 0.29) is 0 Å². The molecule has 2 rings (SSSR count). The summed E-state index contributed by atoms with van der Waals surface area (Å²) in [5.41, 5.74) is 3.61. The van der Waals surface area contributed by atoms with Crippen molar-refractivity contribution in [2.24, 2.45) is 0 Å². The number of hydrogen-bond donors (Lipinski definition) is 1. The highest BCUT2D eigenvalue weighted by Crippen LogP contribution is 2.21. The summed E-state index contributed by atoms with van der Waals surface area (Å²) in [6, 6.07) is 9.96. The Labute approximate surface area is 127 Å². The molecule has 0 radical (unpaired) electrons. The summed E-state index contributed by atoms with van der Waals surface area (Å²) in [6.45, 7) is 3.72. The highest BCUT2D eigenvalue weighted by molar-refractivity contribution is 9.10. The minimum absolute atomic E-state index is 0.744. The summed E-state index contributed by atoms with van der Waals surface area (Å²) in [4.78, 5) is 4.42. The molecular formula is C15H16BrClN2. The SMILES string of the molecule is CCc1cccnc1CNCc1ccc(Cl)cc1Br. The number of rotatable bonds is 5. The summed E-state index contributed by atoms with van der Waals surface area (Å²) in [6.07, 6.45) is 2.85. The van der Waals surface area contributed by atoms with Gasteiger partial charge in [0, 0.05) is 28.8 Å². The number of halogens is 2. The average Bonchev–Trinajstić information content (AvgIpc) is 2.42. The number of nitrogens with zero attached hydrogens (tertiary/aromatic N) is 1. The molecule has 0 atom stereocenters. The number of pyridine rings is 1. The first-order valence-corrected chi connectivity index (χ1v) is 7.45. The first kappa shape index (κ1) is 14.5. The molecule has 0 spiro atoms. The molecule has 2 aromatic rings. The molecule has 19 heavy (non-hydrogen) atoms. The molecule has 100 valence electrons. The molecule has 0 aliphatic rings. The molecule has 0 amide bonds. The van der Waals surface area contributed by atoms with Crippen molar-refractivity contribution in [1.82, 2.24) is 10.3 Å². The monoisotopic (exact) mass is 338 g/mol. The van der Waals surface area contributed by atoms with Crippen LogP contribution < -0.4 is 5.32 Å². The lowest BCUT2D eigenvalue weighted by molar-refractivity contribution is 0.672. The Morgan fingerprint density at radius 2 is 2.05 bits per heavy atom. The number of benzene rings is 1. The van der Waals surface area contributed by atoms with Gasteiger partial charge in [0.15, 0.2) is 0 Å². The molecule has 4 heteroatoms. The highest BCUT2D eigenvalue weighted by atomic mass is 79.9. The Kier molecular flexibility index (Phi) is 5.37. The van der Waals surface area contributed by atoms with Crippen LogP contribution >= 0.6 is 27.5 Å². The van der Waals surface area contributed by atoms with Gasteiger partial charge in [0.25, 0.3) is 0 Å². The maximum Gasteiger partial charge on any atom is 0.0573 e. The Morgan fingerprint density at radius 3 is 2.79 bits per heavy atom. The number of hydrogen-bond acceptors (Lipinski definition) is 2. The van der Waals surface area contributed by atoms with Crippen LogP contribution in [0.15, 0.2) is 41.0 Å². The van der Waals surface area contributed by atoms with Crippen LogP contribution in [-0.4, -0.2) is 4.98 Å². The Balaban J connectivity index is 1.96. The first-order chi connectivity index (χ1) is 9.20. The predicted octanol–water partition coefficient (Wildman–Crippen LogP) is 4.35. The van der Waals surface area contributed by atoms with Crippen LogP contribution in [0.4, 0.5) is 0 Å². The van der Waals surface area contributed by atoms with E-state index < -0.39 is 0 Å². The highest BCUT2D eigenvalue weighted by Gasteiger charge is 2.03. The molecule has 0 aliphatic heterocycles. The fraction of sp³-hybridized carbons (Fsp3) is 0.267. The second kappa shape index (κ2) is 7.04. The Bertz CT molecular complexity index is 558. The summed E-state index contributed by atoms with van der Waals surface area (Å²) >= 11 is 9.45. The van der Waals surface area contributed by atoms with Gasteiger partial charge in [-0.25, -0.2) is 0 Å². The van der Waals surface area contributed by atoms with Crippen molar-refractivity contribution in [1.29, 1.82) is 0 Å². The van der Waals surface area contributed by atoms with E-state index in [9.17, 15) is 0 Å². The van der Waals surface area contributed by atoms with Gasteiger partial charge < -0.3 is 5.32 Å². The third kappa shape index (κ3) is 4.03. The van der Waals surface area contributed by atoms with E-state index in [1.54, 1.807) is 0 Å². The zero-order valence-corrected chi connectivity index (χ0v) is 13.1. The van der Waals surface area contributed by atoms with E-state index in [1.807, 2.05) is 30.5 Å². The fourth-order valence-corrected chi connectivity index (χ4v) is 2.76. The van der Waals surface area contributed by atoms with Gasteiger partial charge in [-0.1, -0.05) is 46.6 Å². The molecule has 0 saturated heterocycles. The van der Waals surface area contributed by atoms with Gasteiger partial charge in [-0.3, -0.25) is 4.98 Å². The number of aryl methyl sites for hydroxylation is 1. The van der Waals surface area contributed by atoms with Crippen LogP contribution in [-0.2, 0) is 19.5 Å². The lowest BCUT2D eigenvalue weighted by Gasteiger charge is -2.09. The van der Waals surface area contributed by atoms with E-state index in [0.717, 1.165) is 34.7 Å². The maximum atomic E-state index is 5.93. The summed E-state index contributed by atoms with van der Waals surface area (Å²) in [7, 11) is 0. The van der Waals surface area contributed by atoms with Gasteiger partial charge in [-0.05, 0) is 35.7 Å². The van der Waals surface area contributed by atoms with Crippen LogP contribution in [0.1, 0.15) is 23.7 Å². The van der Waals surface area contributed by atoms with Crippen molar-refractivity contribution in [3.05, 3.63) is 62.8 Å². The van der Waals surface area contributed by atoms with Gasteiger partial charge in [-0.2, -0.15) is 0 Å². The van der Waals surface area contributed by atoms with Crippen LogP contribution in [0.2, 0.25) is 5.02 Å². The quantitative estimate of drug-likeness (QED) is 0.876. The topological polar surface area (TPSA) is 24.9 Å². The lowest BCUT2D eigenvalue weighted by Crippen LogP contribution is -2.15. The van der Waals surface area contributed by atoms with Crippen molar-refractivity contribution in [2.75, 3.05) is 0 Å². The van der Waals surface area contributed by atoms with Crippen molar-refractivity contribution >= 4 is 27.5 Å². The molecular weight excluding hydrogens is 324 g/mol. The molecule has 0 fully saturated rings. The third-order valence-electron chi connectivity index (χ3n) is 2.99. The van der Waals surface area contributed by atoms with Crippen molar-refractivity contribution in [3.63, 3.8) is 0 Å². The van der Waals surface area contributed by atoms with Gasteiger partial charge in [0.1, 0.15) is 0 Å². The van der Waals surface area contributed by atoms with E-state index in [0.29, 0.717) is 0 Å². The predicted molar refractivity (Wildman–Crippen MR) is 83.3 cm³/mol. The van der Waals surface area contributed by atoms with Crippen molar-refractivity contribution < 1.29 is 0 Å². The Morgan fingerprint density at radius 1 is 1.21 bits per heavy atom. The van der Waals surface area contributed by atoms with Crippen LogP contribution in [0.3, 0.4) is 0 Å². The molecule has 0 aliphatic carbocycles. The molecule has 0 saturated carbocycles. The largest absolute Gasteiger partial charge is 0.307 e. The molecule has 1 aromatic carbocycles. The van der Waals surface area contributed by atoms with Gasteiger partial charge in [0.05, 0.1) is 5.69 Å². The molecule has 1 aromatic heterocycles. The Hall–Kier alpha value is -0.900. The minimum atomic E-state index is 0.744. The smallest absolute Gasteiger partial charge is 0.0573 e. The number of aromatic nitrogens is 1. The van der Waals surface area contributed by atoms with Crippen LogP contribution in [0, 0.1) is 0 Å². The lowest BCUT2D eigenvalue weighted by atomic mass is 10.1. The van der Waals surface area contributed by atoms with Gasteiger partial charge in [0.2, 0.25) is 0 Å². The zero-order chi connectivity index (χ0) is 13.7. The number of nitrogens with one attached hydrogen (secondary N) is 1. The van der Waals surface area contributed by atoms with Crippen LogP contribution in [0.5, 0.6) is 0 Å². The van der Waals surface area contributed by atoms with Gasteiger partial charge >= 0.3 is 0 Å². The van der Waals surface area contributed by atoms with E-state index in [1.165, 1.54) is 11.1 Å². The summed E-state index contributed by atoms with van der Waals surface area (Å²) in [5.74, 6) is 0. The normalized spacial score (nSPS) is 10.7. The average molecular weight is 340 g/mol. The molecule has 1 heterocycles. The van der Waals surface area contributed by atoms with Crippen molar-refractivity contribution in [3.8, 4) is 0 Å². The first-order valence-electron chi connectivity index (χ1n) is 6.28. The van der Waals surface area contributed by atoms with E-state index in [4.69, 9.17) is 11.6 Å². The zero-order valence-electron chi connectivity index (χ0n) is 10.8. The van der Waals surface area contributed by atoms with Gasteiger partial charge in [-0.15, -0.1) is 0 Å².